The summed E-state index contributed by atoms with van der Waals surface area (Å²) in [5.74, 6) is 0.330. The van der Waals surface area contributed by atoms with Crippen LogP contribution in [0.2, 0.25) is 0 Å². The van der Waals surface area contributed by atoms with Crippen LogP contribution in [0.3, 0.4) is 0 Å². The molecule has 5 heteroatoms. The van der Waals surface area contributed by atoms with Gasteiger partial charge in [0, 0.05) is 12.6 Å². The van der Waals surface area contributed by atoms with Crippen LogP contribution in [-0.2, 0) is 6.54 Å². The van der Waals surface area contributed by atoms with Crippen molar-refractivity contribution in [3.8, 4) is 0 Å². The number of alkyl halides is 1. The van der Waals surface area contributed by atoms with Crippen molar-refractivity contribution in [1.29, 1.82) is 0 Å². The highest BCUT2D eigenvalue weighted by Gasteiger charge is 2.23. The molecule has 0 N–H and O–H groups in total. The summed E-state index contributed by atoms with van der Waals surface area (Å²) in [5.41, 5.74) is 0.351. The van der Waals surface area contributed by atoms with Gasteiger partial charge in [0.2, 0.25) is 0 Å². The maximum Gasteiger partial charge on any atom is 0.261 e. The standard InChI is InChI=1S/C11H8BrFN2O/c12-8-3-4-15-10(8)14-9-5-6(13)1-2-7(9)11(15)16/h1-2,5,8H,3-4H2. The lowest BCUT2D eigenvalue weighted by atomic mass is 10.2. The minimum absolute atomic E-state index is 0.0815. The van der Waals surface area contributed by atoms with E-state index in [0.717, 1.165) is 6.42 Å². The molecule has 1 atom stereocenters. The second-order valence-electron chi connectivity index (χ2n) is 3.84. The smallest absolute Gasteiger partial charge is 0.261 e. The van der Waals surface area contributed by atoms with Gasteiger partial charge in [-0.1, -0.05) is 15.9 Å². The minimum atomic E-state index is -0.367. The number of hydrogen-bond acceptors (Lipinski definition) is 2. The van der Waals surface area contributed by atoms with Gasteiger partial charge in [-0.3, -0.25) is 9.36 Å². The number of nitrogens with zero attached hydrogens (tertiary/aromatic N) is 2. The van der Waals surface area contributed by atoms with Crippen LogP contribution in [0.15, 0.2) is 23.0 Å². The molecule has 0 aliphatic carbocycles. The number of benzene rings is 1. The second-order valence-corrected chi connectivity index (χ2v) is 4.95. The van der Waals surface area contributed by atoms with Gasteiger partial charge in [0.25, 0.3) is 5.56 Å². The fourth-order valence-electron chi connectivity index (χ4n) is 2.04. The van der Waals surface area contributed by atoms with E-state index in [1.54, 1.807) is 4.57 Å². The zero-order valence-electron chi connectivity index (χ0n) is 8.28. The van der Waals surface area contributed by atoms with E-state index in [0.29, 0.717) is 23.3 Å². The summed E-state index contributed by atoms with van der Waals surface area (Å²) in [4.78, 5) is 16.5. The lowest BCUT2D eigenvalue weighted by molar-refractivity contribution is 0.629. The zero-order chi connectivity index (χ0) is 11.3. The van der Waals surface area contributed by atoms with Crippen LogP contribution in [-0.4, -0.2) is 9.55 Å². The number of halogens is 2. The van der Waals surface area contributed by atoms with E-state index >= 15 is 0 Å². The van der Waals surface area contributed by atoms with Gasteiger partial charge in [-0.15, -0.1) is 0 Å². The molecule has 0 saturated heterocycles. The van der Waals surface area contributed by atoms with E-state index in [9.17, 15) is 9.18 Å². The first-order valence-corrected chi connectivity index (χ1v) is 5.92. The molecule has 0 bridgehead atoms. The van der Waals surface area contributed by atoms with Crippen molar-refractivity contribution in [3.63, 3.8) is 0 Å². The maximum atomic E-state index is 13.1. The van der Waals surface area contributed by atoms with E-state index in [2.05, 4.69) is 20.9 Å². The average Bonchev–Trinajstić information content (AvgIpc) is 2.61. The second kappa shape index (κ2) is 3.38. The van der Waals surface area contributed by atoms with Crippen LogP contribution >= 0.6 is 15.9 Å². The Morgan fingerprint density at radius 2 is 2.31 bits per heavy atom. The number of rotatable bonds is 0. The van der Waals surface area contributed by atoms with Crippen LogP contribution in [0.5, 0.6) is 0 Å². The lowest BCUT2D eigenvalue weighted by Crippen LogP contribution is -2.21. The van der Waals surface area contributed by atoms with Gasteiger partial charge in [-0.05, 0) is 18.6 Å². The molecular weight excluding hydrogens is 275 g/mol. The SMILES string of the molecule is O=c1c2ccc(F)cc2nc2n1CCC2Br. The highest BCUT2D eigenvalue weighted by Crippen LogP contribution is 2.31. The third-order valence-corrected chi connectivity index (χ3v) is 3.70. The monoisotopic (exact) mass is 282 g/mol. The van der Waals surface area contributed by atoms with Crippen molar-refractivity contribution >= 4 is 26.8 Å². The van der Waals surface area contributed by atoms with Gasteiger partial charge >= 0.3 is 0 Å². The Balaban J connectivity index is 2.44. The Labute approximate surface area is 99.0 Å². The third-order valence-electron chi connectivity index (χ3n) is 2.83. The molecule has 2 heterocycles. The topological polar surface area (TPSA) is 34.9 Å². The molecule has 1 unspecified atom stereocenters. The summed E-state index contributed by atoms with van der Waals surface area (Å²) in [7, 11) is 0. The lowest BCUT2D eigenvalue weighted by Gasteiger charge is -2.05. The summed E-state index contributed by atoms with van der Waals surface area (Å²) in [6.45, 7) is 0.671. The predicted molar refractivity (Wildman–Crippen MR) is 62.2 cm³/mol. The quantitative estimate of drug-likeness (QED) is 0.696. The van der Waals surface area contributed by atoms with Crippen LogP contribution in [0.1, 0.15) is 17.1 Å². The molecule has 2 aromatic rings. The summed E-state index contributed by atoms with van der Waals surface area (Å²) < 4.78 is 14.7. The maximum absolute atomic E-state index is 13.1. The van der Waals surface area contributed by atoms with Crippen LogP contribution in [0.25, 0.3) is 10.9 Å². The summed E-state index contributed by atoms with van der Waals surface area (Å²) >= 11 is 3.46. The molecule has 82 valence electrons. The van der Waals surface area contributed by atoms with Crippen molar-refractivity contribution < 1.29 is 4.39 Å². The van der Waals surface area contributed by atoms with Crippen molar-refractivity contribution in [2.24, 2.45) is 0 Å². The van der Waals surface area contributed by atoms with E-state index in [-0.39, 0.29) is 16.2 Å². The summed E-state index contributed by atoms with van der Waals surface area (Å²) in [6.07, 6.45) is 0.848. The van der Waals surface area contributed by atoms with Gasteiger partial charge in [-0.2, -0.15) is 0 Å². The highest BCUT2D eigenvalue weighted by atomic mass is 79.9. The number of hydrogen-bond donors (Lipinski definition) is 0. The average molecular weight is 283 g/mol. The summed E-state index contributed by atoms with van der Waals surface area (Å²) in [5, 5.41) is 0.478. The first-order valence-electron chi connectivity index (χ1n) is 5.01. The van der Waals surface area contributed by atoms with Gasteiger partial charge < -0.3 is 0 Å². The fourth-order valence-corrected chi connectivity index (χ4v) is 2.59. The molecule has 0 radical (unpaired) electrons. The molecule has 16 heavy (non-hydrogen) atoms. The van der Waals surface area contributed by atoms with Crippen molar-refractivity contribution in [2.75, 3.05) is 0 Å². The number of fused-ring (bicyclic) bond motifs is 2. The minimum Gasteiger partial charge on any atom is -0.295 e. The normalized spacial score (nSPS) is 19.0. The molecule has 0 spiro atoms. The molecule has 1 aliphatic rings. The summed E-state index contributed by atoms with van der Waals surface area (Å²) in [6, 6.07) is 4.09. The fraction of sp³-hybridized carbons (Fsp3) is 0.273. The van der Waals surface area contributed by atoms with Crippen LogP contribution < -0.4 is 5.56 Å². The Kier molecular flexibility index (Phi) is 2.10. The Bertz CT molecular complexity index is 638. The Hall–Kier alpha value is -1.23. The van der Waals surface area contributed by atoms with Gasteiger partial charge in [0.1, 0.15) is 11.6 Å². The van der Waals surface area contributed by atoms with Crippen molar-refractivity contribution in [3.05, 3.63) is 40.2 Å². The van der Waals surface area contributed by atoms with Crippen molar-refractivity contribution in [2.45, 2.75) is 17.8 Å². The van der Waals surface area contributed by atoms with Crippen LogP contribution in [0.4, 0.5) is 4.39 Å². The number of aromatic nitrogens is 2. The van der Waals surface area contributed by atoms with Crippen LogP contribution in [0, 0.1) is 5.82 Å². The molecule has 1 aliphatic heterocycles. The largest absolute Gasteiger partial charge is 0.295 e. The van der Waals surface area contributed by atoms with E-state index in [1.165, 1.54) is 18.2 Å². The van der Waals surface area contributed by atoms with E-state index in [4.69, 9.17) is 0 Å². The molecule has 0 saturated carbocycles. The molecule has 3 nitrogen and oxygen atoms in total. The Morgan fingerprint density at radius 1 is 1.50 bits per heavy atom. The molecule has 0 amide bonds. The first kappa shape index (κ1) is 9.96. The van der Waals surface area contributed by atoms with Crippen molar-refractivity contribution in [1.82, 2.24) is 9.55 Å². The van der Waals surface area contributed by atoms with Gasteiger partial charge in [0.05, 0.1) is 15.7 Å². The first-order chi connectivity index (χ1) is 7.66. The van der Waals surface area contributed by atoms with Gasteiger partial charge in [0.15, 0.2) is 0 Å². The van der Waals surface area contributed by atoms with E-state index in [1.807, 2.05) is 0 Å². The van der Waals surface area contributed by atoms with Gasteiger partial charge in [-0.25, -0.2) is 9.37 Å². The Morgan fingerprint density at radius 3 is 3.12 bits per heavy atom. The third kappa shape index (κ3) is 1.31. The molecule has 1 aromatic heterocycles. The van der Waals surface area contributed by atoms with E-state index < -0.39 is 0 Å². The molecule has 0 fully saturated rings. The molecule has 1 aromatic carbocycles. The molecular formula is C11H8BrFN2O. The predicted octanol–water partition coefficient (Wildman–Crippen LogP) is 2.38. The molecule has 3 rings (SSSR count). The zero-order valence-corrected chi connectivity index (χ0v) is 9.87. The highest BCUT2D eigenvalue weighted by molar-refractivity contribution is 9.09.